The molecule has 1 fully saturated rings. The van der Waals surface area contributed by atoms with Gasteiger partial charge in [-0.15, -0.1) is 0 Å². The lowest BCUT2D eigenvalue weighted by Gasteiger charge is -2.49. The highest BCUT2D eigenvalue weighted by Crippen LogP contribution is 2.52. The van der Waals surface area contributed by atoms with Crippen molar-refractivity contribution >= 4 is 0 Å². The molecule has 1 aliphatic carbocycles. The number of rotatable bonds is 4. The van der Waals surface area contributed by atoms with Crippen LogP contribution in [0.15, 0.2) is 48.5 Å². The first kappa shape index (κ1) is 14.3. The second kappa shape index (κ2) is 5.65. The number of nitrogens with one attached hydrogen (secondary N) is 1. The van der Waals surface area contributed by atoms with E-state index < -0.39 is 0 Å². The average molecular weight is 279 g/mol. The molecule has 1 aliphatic rings. The van der Waals surface area contributed by atoms with Crippen LogP contribution in [-0.4, -0.2) is 7.05 Å². The Kier molecular flexibility index (Phi) is 3.86. The molecule has 0 heterocycles. The molecule has 2 aromatic rings. The molecular weight excluding hydrogens is 254 g/mol. The number of aryl methyl sites for hydroxylation is 2. The molecule has 0 radical (unpaired) electrons. The Morgan fingerprint density at radius 2 is 1.71 bits per heavy atom. The van der Waals surface area contributed by atoms with Crippen LogP contribution in [0.1, 0.15) is 47.6 Å². The third-order valence-corrected chi connectivity index (χ3v) is 5.17. The van der Waals surface area contributed by atoms with Gasteiger partial charge >= 0.3 is 0 Å². The van der Waals surface area contributed by atoms with Gasteiger partial charge in [0.25, 0.3) is 0 Å². The summed E-state index contributed by atoms with van der Waals surface area (Å²) in [5, 5.41) is 3.62. The van der Waals surface area contributed by atoms with Crippen molar-refractivity contribution in [3.8, 4) is 0 Å². The van der Waals surface area contributed by atoms with Crippen molar-refractivity contribution in [1.29, 1.82) is 0 Å². The molecule has 1 heteroatoms. The number of benzene rings is 2. The molecule has 110 valence electrons. The maximum atomic E-state index is 3.62. The van der Waals surface area contributed by atoms with Crippen LogP contribution in [0.3, 0.4) is 0 Å². The van der Waals surface area contributed by atoms with Crippen LogP contribution in [0.2, 0.25) is 0 Å². The topological polar surface area (TPSA) is 12.0 Å². The minimum atomic E-state index is 0.260. The van der Waals surface area contributed by atoms with Crippen molar-refractivity contribution in [1.82, 2.24) is 5.32 Å². The van der Waals surface area contributed by atoms with Gasteiger partial charge in [0.05, 0.1) is 0 Å². The van der Waals surface area contributed by atoms with E-state index in [9.17, 15) is 0 Å². The zero-order valence-electron chi connectivity index (χ0n) is 13.3. The SMILES string of the molecule is CNC(c1ccc(C)cc1C)C1(c2ccccc2)CCC1. The van der Waals surface area contributed by atoms with Gasteiger partial charge in [-0.25, -0.2) is 0 Å². The molecule has 0 saturated heterocycles. The molecule has 1 unspecified atom stereocenters. The summed E-state index contributed by atoms with van der Waals surface area (Å²) in [5.74, 6) is 0. The van der Waals surface area contributed by atoms with Gasteiger partial charge in [0.15, 0.2) is 0 Å². The Balaban J connectivity index is 2.05. The van der Waals surface area contributed by atoms with Crippen molar-refractivity contribution in [2.75, 3.05) is 7.05 Å². The second-order valence-corrected chi connectivity index (χ2v) is 6.46. The summed E-state index contributed by atoms with van der Waals surface area (Å²) in [5.41, 5.74) is 5.93. The largest absolute Gasteiger partial charge is 0.312 e. The monoisotopic (exact) mass is 279 g/mol. The number of hydrogen-bond donors (Lipinski definition) is 1. The van der Waals surface area contributed by atoms with Crippen molar-refractivity contribution < 1.29 is 0 Å². The lowest BCUT2D eigenvalue weighted by Crippen LogP contribution is -2.46. The van der Waals surface area contributed by atoms with Gasteiger partial charge in [-0.05, 0) is 50.4 Å². The summed E-state index contributed by atoms with van der Waals surface area (Å²) < 4.78 is 0. The molecule has 1 N–H and O–H groups in total. The second-order valence-electron chi connectivity index (χ2n) is 6.46. The van der Waals surface area contributed by atoms with Crippen LogP contribution in [0, 0.1) is 13.8 Å². The Labute approximate surface area is 128 Å². The molecule has 1 nitrogen and oxygen atoms in total. The minimum absolute atomic E-state index is 0.260. The first-order valence-electron chi connectivity index (χ1n) is 7.97. The van der Waals surface area contributed by atoms with E-state index in [4.69, 9.17) is 0 Å². The fraction of sp³-hybridized carbons (Fsp3) is 0.400. The van der Waals surface area contributed by atoms with Crippen LogP contribution in [0.25, 0.3) is 0 Å². The Morgan fingerprint density at radius 1 is 1.00 bits per heavy atom. The summed E-state index contributed by atoms with van der Waals surface area (Å²) in [4.78, 5) is 0. The molecule has 1 atom stereocenters. The Bertz CT molecular complexity index is 611. The van der Waals surface area contributed by atoms with E-state index in [1.165, 1.54) is 41.5 Å². The van der Waals surface area contributed by atoms with Gasteiger partial charge in [0, 0.05) is 11.5 Å². The fourth-order valence-electron chi connectivity index (χ4n) is 3.95. The Morgan fingerprint density at radius 3 is 2.24 bits per heavy atom. The zero-order chi connectivity index (χ0) is 14.9. The molecule has 0 aliphatic heterocycles. The van der Waals surface area contributed by atoms with Crippen molar-refractivity contribution in [2.45, 2.75) is 44.6 Å². The van der Waals surface area contributed by atoms with Crippen LogP contribution in [0.4, 0.5) is 0 Å². The highest BCUT2D eigenvalue weighted by Gasteiger charge is 2.45. The normalized spacial score (nSPS) is 18.0. The molecule has 1 saturated carbocycles. The summed E-state index contributed by atoms with van der Waals surface area (Å²) in [7, 11) is 2.10. The molecule has 0 amide bonds. The predicted molar refractivity (Wildman–Crippen MR) is 89.7 cm³/mol. The third-order valence-electron chi connectivity index (χ3n) is 5.17. The van der Waals surface area contributed by atoms with Gasteiger partial charge in [-0.1, -0.05) is 60.5 Å². The molecule has 0 spiro atoms. The van der Waals surface area contributed by atoms with E-state index in [1.807, 2.05) is 0 Å². The summed E-state index contributed by atoms with van der Waals surface area (Å²) in [6.07, 6.45) is 3.88. The van der Waals surface area contributed by atoms with Crippen LogP contribution >= 0.6 is 0 Å². The number of likely N-dealkylation sites (N-methyl/N-ethyl adjacent to an activating group) is 1. The van der Waals surface area contributed by atoms with E-state index in [0.717, 1.165) is 0 Å². The third kappa shape index (κ3) is 2.40. The zero-order valence-corrected chi connectivity index (χ0v) is 13.3. The highest BCUT2D eigenvalue weighted by atomic mass is 14.9. The molecule has 2 aromatic carbocycles. The van der Waals surface area contributed by atoms with Crippen LogP contribution < -0.4 is 5.32 Å². The number of hydrogen-bond acceptors (Lipinski definition) is 1. The smallest absolute Gasteiger partial charge is 0.0418 e. The molecule has 21 heavy (non-hydrogen) atoms. The fourth-order valence-corrected chi connectivity index (χ4v) is 3.95. The van der Waals surface area contributed by atoms with Crippen molar-refractivity contribution in [3.63, 3.8) is 0 Å². The van der Waals surface area contributed by atoms with Crippen LogP contribution in [0.5, 0.6) is 0 Å². The van der Waals surface area contributed by atoms with Gasteiger partial charge < -0.3 is 5.32 Å². The van der Waals surface area contributed by atoms with Gasteiger partial charge in [0.2, 0.25) is 0 Å². The predicted octanol–water partition coefficient (Wildman–Crippen LogP) is 4.69. The van der Waals surface area contributed by atoms with E-state index >= 15 is 0 Å². The molecule has 3 rings (SSSR count). The first-order valence-corrected chi connectivity index (χ1v) is 7.97. The van der Waals surface area contributed by atoms with Gasteiger partial charge in [-0.3, -0.25) is 0 Å². The summed E-state index contributed by atoms with van der Waals surface area (Å²) >= 11 is 0. The molecule has 0 aromatic heterocycles. The average Bonchev–Trinajstić information content (AvgIpc) is 2.44. The summed E-state index contributed by atoms with van der Waals surface area (Å²) in [6, 6.07) is 18.3. The lowest BCUT2D eigenvalue weighted by molar-refractivity contribution is 0.175. The summed E-state index contributed by atoms with van der Waals surface area (Å²) in [6.45, 7) is 4.41. The highest BCUT2D eigenvalue weighted by molar-refractivity contribution is 5.40. The van der Waals surface area contributed by atoms with E-state index in [2.05, 4.69) is 74.7 Å². The standard InChI is InChI=1S/C20H25N/c1-15-10-11-18(16(2)14-15)19(21-3)20(12-7-13-20)17-8-5-4-6-9-17/h4-6,8-11,14,19,21H,7,12-13H2,1-3H3. The molecular formula is C20H25N. The van der Waals surface area contributed by atoms with Gasteiger partial charge in [0.1, 0.15) is 0 Å². The first-order chi connectivity index (χ1) is 10.2. The van der Waals surface area contributed by atoms with E-state index in [-0.39, 0.29) is 5.41 Å². The maximum absolute atomic E-state index is 3.62. The maximum Gasteiger partial charge on any atom is 0.0418 e. The lowest BCUT2D eigenvalue weighted by atomic mass is 9.58. The van der Waals surface area contributed by atoms with E-state index in [1.54, 1.807) is 0 Å². The van der Waals surface area contributed by atoms with Crippen molar-refractivity contribution in [3.05, 3.63) is 70.8 Å². The van der Waals surface area contributed by atoms with Crippen molar-refractivity contribution in [2.24, 2.45) is 0 Å². The van der Waals surface area contributed by atoms with E-state index in [0.29, 0.717) is 6.04 Å². The Hall–Kier alpha value is -1.60. The van der Waals surface area contributed by atoms with Crippen LogP contribution in [-0.2, 0) is 5.41 Å². The molecule has 0 bridgehead atoms. The van der Waals surface area contributed by atoms with Gasteiger partial charge in [-0.2, -0.15) is 0 Å². The quantitative estimate of drug-likeness (QED) is 0.856. The minimum Gasteiger partial charge on any atom is -0.312 e.